The molecule has 4 nitrogen and oxygen atoms in total. The van der Waals surface area contributed by atoms with Crippen molar-refractivity contribution in [1.29, 1.82) is 0 Å². The van der Waals surface area contributed by atoms with Crippen LogP contribution >= 0.6 is 11.8 Å². The lowest BCUT2D eigenvalue weighted by molar-refractivity contribution is -0.118. The molecule has 1 atom stereocenters. The molecule has 0 aromatic carbocycles. The maximum atomic E-state index is 10.8. The maximum absolute atomic E-state index is 10.8. The molecule has 0 saturated heterocycles. The summed E-state index contributed by atoms with van der Waals surface area (Å²) in [5.74, 6) is 0.905. The average molecular weight is 269 g/mol. The zero-order chi connectivity index (χ0) is 13.0. The van der Waals surface area contributed by atoms with Crippen molar-refractivity contribution in [3.8, 4) is 0 Å². The fraction of sp³-hybridized carbons (Fsp3) is 0.846. The Morgan fingerprint density at radius 2 is 2.22 bits per heavy atom. The predicted molar refractivity (Wildman–Crippen MR) is 76.7 cm³/mol. The first kappa shape index (κ1) is 13.7. The Labute approximate surface area is 113 Å². The number of aliphatic imine (C=N–C) groups is 1. The molecule has 1 aliphatic carbocycles. The summed E-state index contributed by atoms with van der Waals surface area (Å²) in [5.41, 5.74) is 5.64. The van der Waals surface area contributed by atoms with E-state index in [-0.39, 0.29) is 11.9 Å². The van der Waals surface area contributed by atoms with Crippen LogP contribution in [0, 0.1) is 5.41 Å². The minimum Gasteiger partial charge on any atom is -0.370 e. The lowest BCUT2D eigenvalue weighted by Crippen LogP contribution is -2.40. The molecule has 18 heavy (non-hydrogen) atoms. The third-order valence-electron chi connectivity index (χ3n) is 3.86. The standard InChI is InChI=1S/C13H23N3OS/c1-10(7-11(14)17)16-12-15-8-13(9-18-12)5-3-2-4-6-13/h10H,2-9H2,1H3,(H2,14,17)(H,15,16). The molecule has 2 aliphatic rings. The minimum atomic E-state index is -0.264. The van der Waals surface area contributed by atoms with Crippen LogP contribution in [0.25, 0.3) is 0 Å². The number of primary amides is 1. The molecule has 102 valence electrons. The Bertz CT molecular complexity index is 337. The topological polar surface area (TPSA) is 67.5 Å². The summed E-state index contributed by atoms with van der Waals surface area (Å²) >= 11 is 1.81. The molecule has 1 aliphatic heterocycles. The molecular formula is C13H23N3OS. The number of hydrogen-bond donors (Lipinski definition) is 2. The van der Waals surface area contributed by atoms with Crippen molar-refractivity contribution < 1.29 is 4.79 Å². The number of carbonyl (C=O) groups excluding carboxylic acids is 1. The number of nitrogens with zero attached hydrogens (tertiary/aromatic N) is 1. The van der Waals surface area contributed by atoms with E-state index in [0.29, 0.717) is 11.8 Å². The first-order valence-corrected chi connectivity index (χ1v) is 7.80. The van der Waals surface area contributed by atoms with Gasteiger partial charge in [0.05, 0.1) is 0 Å². The highest BCUT2D eigenvalue weighted by Crippen LogP contribution is 2.41. The van der Waals surface area contributed by atoms with Crippen LogP contribution in [0.2, 0.25) is 0 Å². The minimum absolute atomic E-state index is 0.0779. The van der Waals surface area contributed by atoms with E-state index >= 15 is 0 Å². The van der Waals surface area contributed by atoms with Gasteiger partial charge in [-0.25, -0.2) is 0 Å². The van der Waals surface area contributed by atoms with Crippen LogP contribution in [-0.4, -0.2) is 29.4 Å². The molecule has 0 bridgehead atoms. The van der Waals surface area contributed by atoms with Gasteiger partial charge in [0.25, 0.3) is 0 Å². The summed E-state index contributed by atoms with van der Waals surface area (Å²) in [6.45, 7) is 2.92. The van der Waals surface area contributed by atoms with Crippen molar-refractivity contribution in [1.82, 2.24) is 5.32 Å². The summed E-state index contributed by atoms with van der Waals surface area (Å²) < 4.78 is 0. The van der Waals surface area contributed by atoms with E-state index in [1.807, 2.05) is 18.7 Å². The number of nitrogens with one attached hydrogen (secondary N) is 1. The molecule has 0 aromatic heterocycles. The monoisotopic (exact) mass is 269 g/mol. The van der Waals surface area contributed by atoms with E-state index in [1.54, 1.807) is 0 Å². The number of amidine groups is 1. The van der Waals surface area contributed by atoms with Gasteiger partial charge in [-0.05, 0) is 25.2 Å². The molecule has 1 spiro atoms. The van der Waals surface area contributed by atoms with Gasteiger partial charge in [-0.3, -0.25) is 9.79 Å². The van der Waals surface area contributed by atoms with Gasteiger partial charge in [-0.2, -0.15) is 0 Å². The summed E-state index contributed by atoms with van der Waals surface area (Å²) in [5, 5.41) is 4.27. The second kappa shape index (κ2) is 5.95. The number of rotatable bonds is 3. The molecular weight excluding hydrogens is 246 g/mol. The van der Waals surface area contributed by atoms with Gasteiger partial charge < -0.3 is 11.1 Å². The van der Waals surface area contributed by atoms with E-state index in [0.717, 1.165) is 11.7 Å². The van der Waals surface area contributed by atoms with Crippen molar-refractivity contribution in [2.45, 2.75) is 51.5 Å². The number of carbonyl (C=O) groups is 1. The van der Waals surface area contributed by atoms with Gasteiger partial charge in [0.15, 0.2) is 5.17 Å². The van der Waals surface area contributed by atoms with Gasteiger partial charge in [0.2, 0.25) is 5.91 Å². The van der Waals surface area contributed by atoms with Gasteiger partial charge in [0.1, 0.15) is 0 Å². The summed E-state index contributed by atoms with van der Waals surface area (Å²) in [4.78, 5) is 15.5. The van der Waals surface area contributed by atoms with Gasteiger partial charge in [0, 0.05) is 24.8 Å². The van der Waals surface area contributed by atoms with Gasteiger partial charge in [-0.1, -0.05) is 31.0 Å². The molecule has 1 amide bonds. The lowest BCUT2D eigenvalue weighted by atomic mass is 9.75. The molecule has 2 rings (SSSR count). The van der Waals surface area contributed by atoms with Crippen molar-refractivity contribution >= 4 is 22.8 Å². The van der Waals surface area contributed by atoms with E-state index in [9.17, 15) is 4.79 Å². The predicted octanol–water partition coefficient (Wildman–Crippen LogP) is 1.89. The molecule has 1 fully saturated rings. The summed E-state index contributed by atoms with van der Waals surface area (Å²) in [6, 6.07) is 0.0779. The number of thioether (sulfide) groups is 1. The number of amides is 1. The highest BCUT2D eigenvalue weighted by Gasteiger charge is 2.34. The summed E-state index contributed by atoms with van der Waals surface area (Å²) in [6.07, 6.45) is 7.12. The molecule has 5 heteroatoms. The van der Waals surface area contributed by atoms with Gasteiger partial charge >= 0.3 is 0 Å². The Hall–Kier alpha value is -0.710. The quantitative estimate of drug-likeness (QED) is 0.822. The fourth-order valence-corrected chi connectivity index (χ4v) is 4.07. The van der Waals surface area contributed by atoms with E-state index in [4.69, 9.17) is 5.73 Å². The normalized spacial score (nSPS) is 24.4. The zero-order valence-electron chi connectivity index (χ0n) is 11.1. The van der Waals surface area contributed by atoms with Crippen molar-refractivity contribution in [2.24, 2.45) is 16.1 Å². The second-order valence-electron chi connectivity index (χ2n) is 5.69. The largest absolute Gasteiger partial charge is 0.370 e. The van der Waals surface area contributed by atoms with E-state index in [1.165, 1.54) is 37.9 Å². The molecule has 0 radical (unpaired) electrons. The number of hydrogen-bond acceptors (Lipinski definition) is 4. The van der Waals surface area contributed by atoms with E-state index in [2.05, 4.69) is 10.3 Å². The first-order valence-electron chi connectivity index (χ1n) is 6.82. The Kier molecular flexibility index (Phi) is 4.54. The van der Waals surface area contributed by atoms with Crippen molar-refractivity contribution in [3.63, 3.8) is 0 Å². The van der Waals surface area contributed by atoms with Crippen LogP contribution < -0.4 is 11.1 Å². The van der Waals surface area contributed by atoms with Crippen molar-refractivity contribution in [3.05, 3.63) is 0 Å². The Morgan fingerprint density at radius 3 is 2.78 bits per heavy atom. The first-order chi connectivity index (χ1) is 8.60. The van der Waals surface area contributed by atoms with Crippen LogP contribution in [-0.2, 0) is 4.79 Å². The molecule has 1 heterocycles. The molecule has 3 N–H and O–H groups in total. The highest BCUT2D eigenvalue weighted by molar-refractivity contribution is 8.13. The lowest BCUT2D eigenvalue weighted by Gasteiger charge is -2.38. The molecule has 0 aromatic rings. The zero-order valence-corrected chi connectivity index (χ0v) is 11.9. The van der Waals surface area contributed by atoms with Crippen LogP contribution in [0.3, 0.4) is 0 Å². The maximum Gasteiger partial charge on any atom is 0.219 e. The highest BCUT2D eigenvalue weighted by atomic mass is 32.2. The number of nitrogens with two attached hydrogens (primary N) is 1. The summed E-state index contributed by atoms with van der Waals surface area (Å²) in [7, 11) is 0. The molecule has 1 unspecified atom stereocenters. The average Bonchev–Trinajstić information content (AvgIpc) is 2.33. The Balaban J connectivity index is 1.84. The van der Waals surface area contributed by atoms with Crippen LogP contribution in [0.15, 0.2) is 4.99 Å². The molecule has 1 saturated carbocycles. The van der Waals surface area contributed by atoms with E-state index < -0.39 is 0 Å². The van der Waals surface area contributed by atoms with Gasteiger partial charge in [-0.15, -0.1) is 0 Å². The smallest absolute Gasteiger partial charge is 0.219 e. The fourth-order valence-electron chi connectivity index (χ4n) is 2.81. The SMILES string of the molecule is CC(CC(N)=O)NC1=NCC2(CCCCC2)CS1. The van der Waals surface area contributed by atoms with Crippen LogP contribution in [0.4, 0.5) is 0 Å². The van der Waals surface area contributed by atoms with Crippen LogP contribution in [0.1, 0.15) is 45.4 Å². The van der Waals surface area contributed by atoms with Crippen molar-refractivity contribution in [2.75, 3.05) is 12.3 Å². The Morgan fingerprint density at radius 1 is 1.50 bits per heavy atom. The second-order valence-corrected chi connectivity index (χ2v) is 6.65. The van der Waals surface area contributed by atoms with Crippen LogP contribution in [0.5, 0.6) is 0 Å². The third kappa shape index (κ3) is 3.64. The third-order valence-corrected chi connectivity index (χ3v) is 5.14.